The first-order chi connectivity index (χ1) is 10.8. The number of hydrogen-bond acceptors (Lipinski definition) is 5. The summed E-state index contributed by atoms with van der Waals surface area (Å²) >= 11 is 0. The monoisotopic (exact) mass is 298 g/mol. The molecule has 1 aromatic heterocycles. The van der Waals surface area contributed by atoms with Gasteiger partial charge in [0.25, 0.3) is 5.91 Å². The first-order valence-electron chi connectivity index (χ1n) is 7.28. The molecule has 6 heteroatoms. The van der Waals surface area contributed by atoms with Gasteiger partial charge in [0.1, 0.15) is 5.75 Å². The highest BCUT2D eigenvalue weighted by molar-refractivity contribution is 6.03. The number of rotatable bonds is 4. The van der Waals surface area contributed by atoms with E-state index in [-0.39, 0.29) is 5.91 Å². The zero-order valence-electron chi connectivity index (χ0n) is 12.5. The third kappa shape index (κ3) is 3.16. The van der Waals surface area contributed by atoms with Crippen molar-refractivity contribution in [3.8, 4) is 5.75 Å². The van der Waals surface area contributed by atoms with Crippen molar-refractivity contribution in [3.63, 3.8) is 0 Å². The molecule has 0 radical (unpaired) electrons. The first kappa shape index (κ1) is 14.3. The summed E-state index contributed by atoms with van der Waals surface area (Å²) in [4.78, 5) is 22.9. The van der Waals surface area contributed by atoms with Gasteiger partial charge >= 0.3 is 0 Å². The van der Waals surface area contributed by atoms with Crippen molar-refractivity contribution in [3.05, 3.63) is 42.2 Å². The highest BCUT2D eigenvalue weighted by Crippen LogP contribution is 2.17. The van der Waals surface area contributed by atoms with Gasteiger partial charge < -0.3 is 15.0 Å². The van der Waals surface area contributed by atoms with Crippen molar-refractivity contribution in [2.24, 2.45) is 0 Å². The van der Waals surface area contributed by atoms with Crippen LogP contribution in [-0.2, 0) is 0 Å². The van der Waals surface area contributed by atoms with Gasteiger partial charge in [0, 0.05) is 31.2 Å². The van der Waals surface area contributed by atoms with Gasteiger partial charge in [-0.1, -0.05) is 0 Å². The van der Waals surface area contributed by atoms with Crippen LogP contribution in [0.2, 0.25) is 0 Å². The van der Waals surface area contributed by atoms with Gasteiger partial charge in [-0.15, -0.1) is 0 Å². The summed E-state index contributed by atoms with van der Waals surface area (Å²) in [7, 11) is 1.60. The van der Waals surface area contributed by atoms with Crippen LogP contribution in [0.15, 0.2) is 36.7 Å². The van der Waals surface area contributed by atoms with Gasteiger partial charge in [0.15, 0.2) is 0 Å². The zero-order valence-corrected chi connectivity index (χ0v) is 12.5. The Morgan fingerprint density at radius 1 is 1.14 bits per heavy atom. The zero-order chi connectivity index (χ0) is 15.4. The van der Waals surface area contributed by atoms with E-state index in [1.807, 2.05) is 0 Å². The molecular formula is C16H18N4O2. The van der Waals surface area contributed by atoms with Crippen LogP contribution >= 0.6 is 0 Å². The predicted octanol–water partition coefficient (Wildman–Crippen LogP) is 2.34. The van der Waals surface area contributed by atoms with Crippen LogP contribution in [-0.4, -0.2) is 36.1 Å². The molecule has 2 heterocycles. The molecule has 6 nitrogen and oxygen atoms in total. The van der Waals surface area contributed by atoms with E-state index in [9.17, 15) is 4.79 Å². The number of methoxy groups -OCH3 is 1. The van der Waals surface area contributed by atoms with Crippen LogP contribution in [0.1, 0.15) is 23.2 Å². The van der Waals surface area contributed by atoms with Crippen LogP contribution < -0.4 is 15.0 Å². The molecular weight excluding hydrogens is 280 g/mol. The summed E-state index contributed by atoms with van der Waals surface area (Å²) in [5, 5.41) is 2.81. The molecule has 0 bridgehead atoms. The molecule has 2 aromatic rings. The molecule has 3 rings (SSSR count). The summed E-state index contributed by atoms with van der Waals surface area (Å²) in [5.41, 5.74) is 1.15. The molecule has 0 unspecified atom stereocenters. The Labute approximate surface area is 129 Å². The fourth-order valence-electron chi connectivity index (χ4n) is 2.40. The number of carbonyl (C=O) groups is 1. The molecule has 1 aliphatic rings. The topological polar surface area (TPSA) is 67.3 Å². The van der Waals surface area contributed by atoms with Crippen LogP contribution in [0.25, 0.3) is 0 Å². The minimum Gasteiger partial charge on any atom is -0.497 e. The quantitative estimate of drug-likeness (QED) is 0.938. The Morgan fingerprint density at radius 3 is 2.36 bits per heavy atom. The van der Waals surface area contributed by atoms with Gasteiger partial charge in [-0.2, -0.15) is 0 Å². The number of amides is 1. The summed E-state index contributed by atoms with van der Waals surface area (Å²) < 4.78 is 5.08. The van der Waals surface area contributed by atoms with Gasteiger partial charge in [-0.05, 0) is 37.1 Å². The molecule has 1 amide bonds. The van der Waals surface area contributed by atoms with E-state index in [1.165, 1.54) is 12.8 Å². The lowest BCUT2D eigenvalue weighted by atomic mass is 10.2. The minimum atomic E-state index is -0.224. The van der Waals surface area contributed by atoms with Crippen molar-refractivity contribution < 1.29 is 9.53 Å². The number of anilines is 2. The lowest BCUT2D eigenvalue weighted by Crippen LogP contribution is -2.21. The summed E-state index contributed by atoms with van der Waals surface area (Å²) in [6.45, 7) is 1.97. The lowest BCUT2D eigenvalue weighted by Gasteiger charge is -2.14. The number of hydrogen-bond donors (Lipinski definition) is 1. The van der Waals surface area contributed by atoms with E-state index < -0.39 is 0 Å². The maximum absolute atomic E-state index is 12.2. The van der Waals surface area contributed by atoms with Crippen molar-refractivity contribution in [1.82, 2.24) is 9.97 Å². The van der Waals surface area contributed by atoms with E-state index in [0.717, 1.165) is 18.8 Å². The van der Waals surface area contributed by atoms with Crippen molar-refractivity contribution >= 4 is 17.5 Å². The number of nitrogens with one attached hydrogen (secondary N) is 1. The maximum atomic E-state index is 12.2. The van der Waals surface area contributed by atoms with Crippen LogP contribution in [0, 0.1) is 0 Å². The predicted molar refractivity (Wildman–Crippen MR) is 84.4 cm³/mol. The first-order valence-corrected chi connectivity index (χ1v) is 7.28. The second-order valence-corrected chi connectivity index (χ2v) is 5.15. The highest BCUT2D eigenvalue weighted by atomic mass is 16.5. The standard InChI is InChI=1S/C16H18N4O2/c1-22-14-6-4-13(5-7-14)19-15(21)12-10-17-16(18-11-12)20-8-2-3-9-20/h4-7,10-11H,2-3,8-9H2,1H3,(H,19,21). The molecule has 1 aliphatic heterocycles. The van der Waals surface area contributed by atoms with Crippen molar-refractivity contribution in [1.29, 1.82) is 0 Å². The van der Waals surface area contributed by atoms with E-state index in [0.29, 0.717) is 17.2 Å². The SMILES string of the molecule is COc1ccc(NC(=O)c2cnc(N3CCCC3)nc2)cc1. The molecule has 0 spiro atoms. The lowest BCUT2D eigenvalue weighted by molar-refractivity contribution is 0.102. The number of aromatic nitrogens is 2. The third-order valence-electron chi connectivity index (χ3n) is 3.64. The second-order valence-electron chi connectivity index (χ2n) is 5.15. The fourth-order valence-corrected chi connectivity index (χ4v) is 2.40. The van der Waals surface area contributed by atoms with Crippen LogP contribution in [0.3, 0.4) is 0 Å². The molecule has 0 atom stereocenters. The van der Waals surface area contributed by atoms with E-state index >= 15 is 0 Å². The number of nitrogens with zero attached hydrogens (tertiary/aromatic N) is 3. The molecule has 1 aromatic carbocycles. The van der Waals surface area contributed by atoms with Gasteiger partial charge in [0.2, 0.25) is 5.95 Å². The normalized spacial score (nSPS) is 14.0. The summed E-state index contributed by atoms with van der Waals surface area (Å²) in [6.07, 6.45) is 5.48. The average molecular weight is 298 g/mol. The van der Waals surface area contributed by atoms with E-state index in [1.54, 1.807) is 43.8 Å². The third-order valence-corrected chi connectivity index (χ3v) is 3.64. The van der Waals surface area contributed by atoms with E-state index in [4.69, 9.17) is 4.74 Å². The number of benzene rings is 1. The molecule has 22 heavy (non-hydrogen) atoms. The van der Waals surface area contributed by atoms with Crippen LogP contribution in [0.5, 0.6) is 5.75 Å². The summed E-state index contributed by atoms with van der Waals surface area (Å²) in [5.74, 6) is 1.22. The van der Waals surface area contributed by atoms with Gasteiger partial charge in [0.05, 0.1) is 12.7 Å². The average Bonchev–Trinajstić information content (AvgIpc) is 3.10. The molecule has 1 fully saturated rings. The Kier molecular flexibility index (Phi) is 4.18. The van der Waals surface area contributed by atoms with Gasteiger partial charge in [-0.3, -0.25) is 4.79 Å². The largest absolute Gasteiger partial charge is 0.497 e. The number of ether oxygens (including phenoxy) is 1. The Morgan fingerprint density at radius 2 is 1.77 bits per heavy atom. The fraction of sp³-hybridized carbons (Fsp3) is 0.312. The number of carbonyl (C=O) groups excluding carboxylic acids is 1. The Hall–Kier alpha value is -2.63. The van der Waals surface area contributed by atoms with Crippen LogP contribution in [0.4, 0.5) is 11.6 Å². The molecule has 114 valence electrons. The van der Waals surface area contributed by atoms with Gasteiger partial charge in [-0.25, -0.2) is 9.97 Å². The maximum Gasteiger partial charge on any atom is 0.258 e. The minimum absolute atomic E-state index is 0.224. The molecule has 1 N–H and O–H groups in total. The Balaban J connectivity index is 1.66. The second kappa shape index (κ2) is 6.43. The summed E-state index contributed by atoms with van der Waals surface area (Å²) in [6, 6.07) is 7.16. The van der Waals surface area contributed by atoms with Crippen molar-refractivity contribution in [2.45, 2.75) is 12.8 Å². The Bertz CT molecular complexity index is 634. The van der Waals surface area contributed by atoms with E-state index in [2.05, 4.69) is 20.2 Å². The molecule has 1 saturated heterocycles. The smallest absolute Gasteiger partial charge is 0.258 e. The molecule has 0 aliphatic carbocycles. The van der Waals surface area contributed by atoms with Crippen molar-refractivity contribution in [2.75, 3.05) is 30.4 Å². The molecule has 0 saturated carbocycles. The highest BCUT2D eigenvalue weighted by Gasteiger charge is 2.15.